The number of carbonyl (C=O) groups is 3. The van der Waals surface area contributed by atoms with Gasteiger partial charge in [0.2, 0.25) is 0 Å². The topological polar surface area (TPSA) is 78.9 Å². The number of rotatable bonds is 50. The van der Waals surface area contributed by atoms with Crippen molar-refractivity contribution in [2.45, 2.75) is 258 Å². The van der Waals surface area contributed by atoms with Gasteiger partial charge in [-0.25, -0.2) is 0 Å². The highest BCUT2D eigenvalue weighted by atomic mass is 16.6. The molecule has 0 aromatic carbocycles. The Morgan fingerprint density at radius 3 is 0.986 bits per heavy atom. The average Bonchev–Trinajstić information content (AvgIpc) is 3.35. The van der Waals surface area contributed by atoms with Gasteiger partial charge in [0.05, 0.1) is 0 Å². The second-order valence-electron chi connectivity index (χ2n) is 18.5. The molecule has 0 spiro atoms. The van der Waals surface area contributed by atoms with Crippen molar-refractivity contribution >= 4 is 17.9 Å². The third-order valence-corrected chi connectivity index (χ3v) is 11.7. The molecule has 0 aromatic heterocycles. The van der Waals surface area contributed by atoms with E-state index in [-0.39, 0.29) is 31.6 Å². The lowest BCUT2D eigenvalue weighted by Gasteiger charge is -2.18. The zero-order valence-corrected chi connectivity index (χ0v) is 44.8. The molecule has 0 aliphatic heterocycles. The average molecular weight is 958 g/mol. The van der Waals surface area contributed by atoms with Gasteiger partial charge in [-0.15, -0.1) is 0 Å². The lowest BCUT2D eigenvalue weighted by Crippen LogP contribution is -2.30. The fourth-order valence-electron chi connectivity index (χ4n) is 7.49. The number of allylic oxidation sites excluding steroid dienone is 18. The highest BCUT2D eigenvalue weighted by Crippen LogP contribution is 2.14. The van der Waals surface area contributed by atoms with Gasteiger partial charge in [0.15, 0.2) is 6.10 Å². The standard InChI is InChI=1S/C63H104O6/c1-4-7-10-13-16-19-22-25-27-29-31-33-35-38-41-44-47-50-53-56-62(65)68-59-60(58-67-61(64)55-52-49-46-43-40-37-24-21-18-15-12-9-6-3)69-63(66)57-54-51-48-45-42-39-36-34-32-30-28-26-23-20-17-14-11-8-5-2/h8,11,16-17,19-21,24-28,32,34,39,42,48,51,60H,4-7,9-10,12-15,18,22-23,29-31,33,35-38,40-41,43-47,49-50,52-59H2,1-3H3/b11-8-,19-16-,20-17-,24-21-,27-25-,28-26-,34-32-,42-39-,51-48-/t60-/m0/s1. The van der Waals surface area contributed by atoms with Crippen molar-refractivity contribution in [3.63, 3.8) is 0 Å². The van der Waals surface area contributed by atoms with Crippen molar-refractivity contribution in [2.24, 2.45) is 0 Å². The second kappa shape index (κ2) is 56.7. The van der Waals surface area contributed by atoms with Gasteiger partial charge >= 0.3 is 17.9 Å². The molecule has 0 bridgehead atoms. The summed E-state index contributed by atoms with van der Waals surface area (Å²) in [5, 5.41) is 0. The first-order valence-electron chi connectivity index (χ1n) is 28.4. The van der Waals surface area contributed by atoms with Crippen molar-refractivity contribution in [1.29, 1.82) is 0 Å². The molecule has 0 unspecified atom stereocenters. The van der Waals surface area contributed by atoms with E-state index in [4.69, 9.17) is 14.2 Å². The van der Waals surface area contributed by atoms with Gasteiger partial charge in [-0.1, -0.05) is 226 Å². The summed E-state index contributed by atoms with van der Waals surface area (Å²) < 4.78 is 16.8. The molecular formula is C63H104O6. The molecule has 392 valence electrons. The Morgan fingerprint density at radius 1 is 0.304 bits per heavy atom. The van der Waals surface area contributed by atoms with E-state index in [1.165, 1.54) is 109 Å². The van der Waals surface area contributed by atoms with E-state index in [0.717, 1.165) is 96.3 Å². The molecule has 1 atom stereocenters. The van der Waals surface area contributed by atoms with E-state index in [1.54, 1.807) is 0 Å². The summed E-state index contributed by atoms with van der Waals surface area (Å²) in [5.74, 6) is -1.01. The lowest BCUT2D eigenvalue weighted by atomic mass is 10.1. The third kappa shape index (κ3) is 54.9. The largest absolute Gasteiger partial charge is 0.462 e. The van der Waals surface area contributed by atoms with E-state index >= 15 is 0 Å². The van der Waals surface area contributed by atoms with E-state index in [1.807, 2.05) is 12.2 Å². The Morgan fingerprint density at radius 2 is 0.594 bits per heavy atom. The SMILES string of the molecule is CC/C=C\C/C=C\C/C=C\C/C=C\C/C=C\C/C=C\CCC(=O)O[C@@H](COC(=O)CCCCCCC/C=C\CCCCCC)COC(=O)CCCCCCCCCCC/C=C\C/C=C\CCCCC. The molecule has 0 saturated carbocycles. The van der Waals surface area contributed by atoms with Crippen LogP contribution in [0.5, 0.6) is 0 Å². The fourth-order valence-corrected chi connectivity index (χ4v) is 7.49. The van der Waals surface area contributed by atoms with Crippen LogP contribution in [0.25, 0.3) is 0 Å². The Labute approximate surface area is 425 Å². The minimum atomic E-state index is -0.825. The number of unbranched alkanes of at least 4 members (excludes halogenated alkanes) is 21. The summed E-state index contributed by atoms with van der Waals surface area (Å²) in [6.07, 6.45) is 76.6. The van der Waals surface area contributed by atoms with Gasteiger partial charge in [-0.3, -0.25) is 14.4 Å². The smallest absolute Gasteiger partial charge is 0.306 e. The van der Waals surface area contributed by atoms with Crippen LogP contribution < -0.4 is 0 Å². The molecular weight excluding hydrogens is 853 g/mol. The molecule has 6 nitrogen and oxygen atoms in total. The number of esters is 3. The van der Waals surface area contributed by atoms with Crippen LogP contribution in [0.2, 0.25) is 0 Å². The molecule has 0 fully saturated rings. The zero-order chi connectivity index (χ0) is 50.0. The maximum Gasteiger partial charge on any atom is 0.306 e. The van der Waals surface area contributed by atoms with E-state index in [0.29, 0.717) is 19.3 Å². The van der Waals surface area contributed by atoms with Crippen LogP contribution in [0.1, 0.15) is 252 Å². The summed E-state index contributed by atoms with van der Waals surface area (Å²) in [7, 11) is 0. The van der Waals surface area contributed by atoms with E-state index in [2.05, 4.69) is 118 Å². The van der Waals surface area contributed by atoms with Gasteiger partial charge in [0, 0.05) is 19.3 Å². The Bertz CT molecular complexity index is 1420. The number of hydrogen-bond donors (Lipinski definition) is 0. The van der Waals surface area contributed by atoms with Crippen molar-refractivity contribution in [3.05, 3.63) is 109 Å². The maximum atomic E-state index is 12.8. The van der Waals surface area contributed by atoms with Crippen molar-refractivity contribution in [1.82, 2.24) is 0 Å². The van der Waals surface area contributed by atoms with Gasteiger partial charge in [0.25, 0.3) is 0 Å². The molecule has 0 amide bonds. The molecule has 0 N–H and O–H groups in total. The molecule has 69 heavy (non-hydrogen) atoms. The molecule has 0 radical (unpaired) electrons. The van der Waals surface area contributed by atoms with Crippen LogP contribution >= 0.6 is 0 Å². The minimum Gasteiger partial charge on any atom is -0.462 e. The fraction of sp³-hybridized carbons (Fsp3) is 0.667. The van der Waals surface area contributed by atoms with Crippen molar-refractivity contribution in [2.75, 3.05) is 13.2 Å². The van der Waals surface area contributed by atoms with Gasteiger partial charge in [-0.05, 0) is 116 Å². The van der Waals surface area contributed by atoms with Gasteiger partial charge in [0.1, 0.15) is 13.2 Å². The Hall–Kier alpha value is -3.93. The third-order valence-electron chi connectivity index (χ3n) is 11.7. The summed E-state index contributed by atoms with van der Waals surface area (Å²) in [6.45, 7) is 6.41. The predicted octanol–water partition coefficient (Wildman–Crippen LogP) is 19.1. The van der Waals surface area contributed by atoms with Crippen LogP contribution in [0, 0.1) is 0 Å². The molecule has 0 aliphatic carbocycles. The van der Waals surface area contributed by atoms with E-state index in [9.17, 15) is 14.4 Å². The number of ether oxygens (including phenoxy) is 3. The first kappa shape index (κ1) is 65.1. The highest BCUT2D eigenvalue weighted by Gasteiger charge is 2.19. The van der Waals surface area contributed by atoms with Crippen LogP contribution in [-0.4, -0.2) is 37.2 Å². The Kier molecular flexibility index (Phi) is 53.4. The van der Waals surface area contributed by atoms with Crippen molar-refractivity contribution < 1.29 is 28.6 Å². The first-order chi connectivity index (χ1) is 34.0. The maximum absolute atomic E-state index is 12.8. The predicted molar refractivity (Wildman–Crippen MR) is 297 cm³/mol. The molecule has 6 heteroatoms. The van der Waals surface area contributed by atoms with Crippen LogP contribution in [0.15, 0.2) is 109 Å². The summed E-state index contributed by atoms with van der Waals surface area (Å²) in [6, 6.07) is 0. The highest BCUT2D eigenvalue weighted by molar-refractivity contribution is 5.71. The molecule has 0 rings (SSSR count). The molecule has 0 heterocycles. The van der Waals surface area contributed by atoms with Crippen molar-refractivity contribution in [3.8, 4) is 0 Å². The zero-order valence-electron chi connectivity index (χ0n) is 44.8. The van der Waals surface area contributed by atoms with Crippen LogP contribution in [-0.2, 0) is 28.6 Å². The minimum absolute atomic E-state index is 0.114. The van der Waals surface area contributed by atoms with Gasteiger partial charge in [-0.2, -0.15) is 0 Å². The molecule has 0 saturated heterocycles. The summed E-state index contributed by atoms with van der Waals surface area (Å²) in [5.41, 5.74) is 0. The number of carbonyl (C=O) groups excluding carboxylic acids is 3. The molecule has 0 aromatic rings. The Balaban J connectivity index is 4.51. The lowest BCUT2D eigenvalue weighted by molar-refractivity contribution is -0.166. The van der Waals surface area contributed by atoms with Crippen LogP contribution in [0.3, 0.4) is 0 Å². The first-order valence-corrected chi connectivity index (χ1v) is 28.4. The van der Waals surface area contributed by atoms with Gasteiger partial charge < -0.3 is 14.2 Å². The van der Waals surface area contributed by atoms with Crippen LogP contribution in [0.4, 0.5) is 0 Å². The normalized spacial score (nSPS) is 12.9. The molecule has 0 aliphatic rings. The quantitative estimate of drug-likeness (QED) is 0.0262. The number of hydrogen-bond acceptors (Lipinski definition) is 6. The summed E-state index contributed by atoms with van der Waals surface area (Å²) in [4.78, 5) is 38.1. The second-order valence-corrected chi connectivity index (χ2v) is 18.5. The van der Waals surface area contributed by atoms with E-state index < -0.39 is 12.1 Å². The monoisotopic (exact) mass is 957 g/mol. The summed E-state index contributed by atoms with van der Waals surface area (Å²) >= 11 is 0.